The first kappa shape index (κ1) is 36.8. The summed E-state index contributed by atoms with van der Waals surface area (Å²) in [4.78, 5) is 0. The Balaban J connectivity index is 1.15. The lowest BCUT2D eigenvalue weighted by Crippen LogP contribution is -2.74. The topological polar surface area (TPSA) is 9.86 Å². The lowest BCUT2D eigenvalue weighted by atomic mass is 9.99. The van der Waals surface area contributed by atoms with Crippen molar-refractivity contribution in [2.75, 3.05) is 0 Å². The van der Waals surface area contributed by atoms with Gasteiger partial charge in [-0.2, -0.15) is 0 Å². The second kappa shape index (κ2) is 15.2. The zero-order valence-corrected chi connectivity index (χ0v) is 35.6. The van der Waals surface area contributed by atoms with Gasteiger partial charge in [0.2, 0.25) is 0 Å². The van der Waals surface area contributed by atoms with Crippen LogP contribution in [-0.4, -0.2) is 17.2 Å². The highest BCUT2D eigenvalue weighted by molar-refractivity contribution is 7.20. The van der Waals surface area contributed by atoms with Gasteiger partial charge >= 0.3 is 0 Å². The Bertz CT molecular complexity index is 3480. The van der Waals surface area contributed by atoms with Crippen molar-refractivity contribution in [1.29, 1.82) is 0 Å². The van der Waals surface area contributed by atoms with Gasteiger partial charge in [-0.1, -0.05) is 212 Å². The van der Waals surface area contributed by atoms with Crippen molar-refractivity contribution in [1.82, 2.24) is 9.13 Å². The van der Waals surface area contributed by atoms with E-state index in [4.69, 9.17) is 0 Å². The first-order chi connectivity index (χ1) is 31.3. The summed E-state index contributed by atoms with van der Waals surface area (Å²) < 4.78 is 4.97. The number of hydrogen-bond donors (Lipinski definition) is 0. The molecular weight excluding hydrogens is 777 g/mol. The van der Waals surface area contributed by atoms with Gasteiger partial charge in [0.05, 0.1) is 22.1 Å². The first-order valence-corrected chi connectivity index (χ1v) is 23.8. The minimum Gasteiger partial charge on any atom is -0.309 e. The van der Waals surface area contributed by atoms with Crippen molar-refractivity contribution in [3.8, 4) is 33.6 Å². The number of hydrogen-bond acceptors (Lipinski definition) is 0. The molecular formula is C60H42N2Si. The van der Waals surface area contributed by atoms with Crippen LogP contribution in [0.25, 0.3) is 77.2 Å². The van der Waals surface area contributed by atoms with Crippen molar-refractivity contribution < 1.29 is 0 Å². The molecule has 10 aromatic carbocycles. The Kier molecular flexibility index (Phi) is 8.87. The zero-order valence-electron chi connectivity index (χ0n) is 34.6. The van der Waals surface area contributed by atoms with E-state index in [1.54, 1.807) is 0 Å². The number of aromatic nitrogens is 2. The summed E-state index contributed by atoms with van der Waals surface area (Å²) in [6, 6.07) is 94.2. The van der Waals surface area contributed by atoms with Crippen molar-refractivity contribution in [3.63, 3.8) is 0 Å². The standard InChI is InChI=1S/C60H42N2Si/c1-6-20-43(21-7-1)44-36-38-46(39-37-44)61-55-33-18-31-51(45-22-8-2-9-23-45)59(55)53-41-40-47(42-57(53)61)62-54-32-17-16-30-52(54)60-56(62)34-19-35-58(60)63(48-24-10-3-11-25-48,49-26-12-4-13-27-49)50-28-14-5-15-29-50/h1-42H. The molecule has 2 heterocycles. The molecule has 63 heavy (non-hydrogen) atoms. The van der Waals surface area contributed by atoms with E-state index in [2.05, 4.69) is 264 Å². The molecule has 0 bridgehead atoms. The summed E-state index contributed by atoms with van der Waals surface area (Å²) in [7, 11) is -2.87. The second-order valence-corrected chi connectivity index (χ2v) is 20.2. The van der Waals surface area contributed by atoms with E-state index in [0.29, 0.717) is 0 Å². The van der Waals surface area contributed by atoms with E-state index in [1.165, 1.54) is 86.6 Å². The molecule has 0 radical (unpaired) electrons. The molecule has 0 amide bonds. The minimum absolute atomic E-state index is 1.13. The molecule has 0 spiro atoms. The van der Waals surface area contributed by atoms with E-state index in [0.717, 1.165) is 11.4 Å². The lowest BCUT2D eigenvalue weighted by molar-refractivity contribution is 1.15. The number of fused-ring (bicyclic) bond motifs is 6. The second-order valence-electron chi connectivity index (χ2n) is 16.4. The van der Waals surface area contributed by atoms with Crippen molar-refractivity contribution in [2.24, 2.45) is 0 Å². The lowest BCUT2D eigenvalue weighted by Gasteiger charge is -2.35. The maximum atomic E-state index is 2.51. The summed E-state index contributed by atoms with van der Waals surface area (Å²) in [6.07, 6.45) is 0. The molecule has 0 fully saturated rings. The third-order valence-corrected chi connectivity index (χ3v) is 17.9. The fourth-order valence-corrected chi connectivity index (χ4v) is 15.4. The summed E-state index contributed by atoms with van der Waals surface area (Å²) in [5.41, 5.74) is 11.9. The van der Waals surface area contributed by atoms with Crippen LogP contribution in [-0.2, 0) is 0 Å². The Morgan fingerprint density at radius 2 is 0.714 bits per heavy atom. The Morgan fingerprint density at radius 1 is 0.270 bits per heavy atom. The summed E-state index contributed by atoms with van der Waals surface area (Å²) >= 11 is 0. The number of para-hydroxylation sites is 1. The van der Waals surface area contributed by atoms with Gasteiger partial charge < -0.3 is 9.13 Å². The number of nitrogens with zero attached hydrogens (tertiary/aromatic N) is 2. The molecule has 0 saturated carbocycles. The summed E-state index contributed by atoms with van der Waals surface area (Å²) in [5.74, 6) is 0. The average Bonchev–Trinajstić information content (AvgIpc) is 3.89. The van der Waals surface area contributed by atoms with Gasteiger partial charge in [0.15, 0.2) is 8.07 Å². The van der Waals surface area contributed by atoms with Crippen molar-refractivity contribution in [3.05, 3.63) is 255 Å². The van der Waals surface area contributed by atoms with Crippen LogP contribution in [0.4, 0.5) is 0 Å². The Morgan fingerprint density at radius 3 is 1.33 bits per heavy atom. The van der Waals surface area contributed by atoms with Crippen LogP contribution in [0.3, 0.4) is 0 Å². The smallest absolute Gasteiger partial charge is 0.180 e. The third kappa shape index (κ3) is 5.85. The van der Waals surface area contributed by atoms with E-state index < -0.39 is 8.07 Å². The fourth-order valence-electron chi connectivity index (χ4n) is 10.4. The molecule has 0 aliphatic carbocycles. The van der Waals surface area contributed by atoms with Crippen LogP contribution in [0.2, 0.25) is 0 Å². The highest BCUT2D eigenvalue weighted by atomic mass is 28.3. The van der Waals surface area contributed by atoms with Crippen LogP contribution in [0, 0.1) is 0 Å². The molecule has 0 N–H and O–H groups in total. The van der Waals surface area contributed by atoms with Crippen molar-refractivity contribution in [2.45, 2.75) is 0 Å². The molecule has 296 valence electrons. The van der Waals surface area contributed by atoms with Gasteiger partial charge in [-0.15, -0.1) is 0 Å². The molecule has 0 unspecified atom stereocenters. The maximum absolute atomic E-state index is 2.87. The predicted molar refractivity (Wildman–Crippen MR) is 270 cm³/mol. The van der Waals surface area contributed by atoms with Crippen LogP contribution in [0.15, 0.2) is 255 Å². The zero-order chi connectivity index (χ0) is 41.7. The van der Waals surface area contributed by atoms with Gasteiger partial charge in [-0.05, 0) is 85.5 Å². The average molecular weight is 819 g/mol. The van der Waals surface area contributed by atoms with Gasteiger partial charge in [0.1, 0.15) is 0 Å². The van der Waals surface area contributed by atoms with E-state index >= 15 is 0 Å². The maximum Gasteiger partial charge on any atom is 0.180 e. The van der Waals surface area contributed by atoms with Gasteiger partial charge in [0.25, 0.3) is 0 Å². The molecule has 12 rings (SSSR count). The van der Waals surface area contributed by atoms with Crippen LogP contribution >= 0.6 is 0 Å². The number of rotatable bonds is 8. The van der Waals surface area contributed by atoms with Crippen LogP contribution in [0.1, 0.15) is 0 Å². The molecule has 3 heteroatoms. The Labute approximate surface area is 368 Å². The Hall–Kier alpha value is -7.98. The molecule has 2 nitrogen and oxygen atoms in total. The quantitative estimate of drug-likeness (QED) is 0.107. The van der Waals surface area contributed by atoms with Gasteiger partial charge in [0, 0.05) is 32.9 Å². The van der Waals surface area contributed by atoms with Crippen LogP contribution < -0.4 is 20.7 Å². The predicted octanol–water partition coefficient (Wildman–Crippen LogP) is 12.6. The van der Waals surface area contributed by atoms with Crippen LogP contribution in [0.5, 0.6) is 0 Å². The first-order valence-electron chi connectivity index (χ1n) is 21.8. The highest BCUT2D eigenvalue weighted by Crippen LogP contribution is 2.41. The normalized spacial score (nSPS) is 11.8. The molecule has 12 aromatic rings. The SMILES string of the molecule is c1ccc(-c2ccc(-n3c4cc(-n5c6ccccc6c6c([Si](c7ccccc7)(c7ccccc7)c7ccccc7)cccc65)ccc4c4c(-c5ccccc5)cccc43)cc2)cc1. The van der Waals surface area contributed by atoms with Gasteiger partial charge in [-0.3, -0.25) is 0 Å². The van der Waals surface area contributed by atoms with E-state index in [1.807, 2.05) is 0 Å². The van der Waals surface area contributed by atoms with E-state index in [-0.39, 0.29) is 0 Å². The largest absolute Gasteiger partial charge is 0.309 e. The summed E-state index contributed by atoms with van der Waals surface area (Å²) in [6.45, 7) is 0. The van der Waals surface area contributed by atoms with Crippen molar-refractivity contribution >= 4 is 72.4 Å². The highest BCUT2D eigenvalue weighted by Gasteiger charge is 2.43. The number of benzene rings is 10. The summed E-state index contributed by atoms with van der Waals surface area (Å²) in [5, 5.41) is 10.5. The minimum atomic E-state index is -2.87. The molecule has 2 aromatic heterocycles. The monoisotopic (exact) mass is 818 g/mol. The fraction of sp³-hybridized carbons (Fsp3) is 0. The molecule has 0 atom stereocenters. The molecule has 0 aliphatic rings. The third-order valence-electron chi connectivity index (χ3n) is 13.1. The molecule has 0 aliphatic heterocycles. The van der Waals surface area contributed by atoms with E-state index in [9.17, 15) is 0 Å². The van der Waals surface area contributed by atoms with Gasteiger partial charge in [-0.25, -0.2) is 0 Å². The molecule has 0 saturated heterocycles.